The first kappa shape index (κ1) is 16.1. The van der Waals surface area contributed by atoms with Crippen LogP contribution in [0.15, 0.2) is 23.1 Å². The van der Waals surface area contributed by atoms with Crippen molar-refractivity contribution in [2.24, 2.45) is 11.8 Å². The predicted molar refractivity (Wildman–Crippen MR) is 91.1 cm³/mol. The van der Waals surface area contributed by atoms with Crippen molar-refractivity contribution < 1.29 is 13.2 Å². The van der Waals surface area contributed by atoms with E-state index in [0.717, 1.165) is 25.7 Å². The van der Waals surface area contributed by atoms with E-state index in [1.54, 1.807) is 6.07 Å². The minimum absolute atomic E-state index is 0.171. The van der Waals surface area contributed by atoms with Gasteiger partial charge in [0, 0.05) is 32.1 Å². The van der Waals surface area contributed by atoms with Gasteiger partial charge in [-0.3, -0.25) is 4.79 Å². The number of piperazine rings is 1. The van der Waals surface area contributed by atoms with Gasteiger partial charge >= 0.3 is 0 Å². The fourth-order valence-corrected chi connectivity index (χ4v) is 5.38. The van der Waals surface area contributed by atoms with Crippen LogP contribution in [0, 0.1) is 11.8 Å². The van der Waals surface area contributed by atoms with Crippen molar-refractivity contribution in [2.75, 3.05) is 26.2 Å². The van der Waals surface area contributed by atoms with Gasteiger partial charge in [0.1, 0.15) is 0 Å². The molecule has 2 aliphatic carbocycles. The lowest BCUT2D eigenvalue weighted by atomic mass is 10.1. The highest BCUT2D eigenvalue weighted by atomic mass is 32.2. The Hall–Kier alpha value is -1.40. The van der Waals surface area contributed by atoms with Crippen LogP contribution in [0.5, 0.6) is 0 Å². The molecule has 6 heteroatoms. The first-order chi connectivity index (χ1) is 11.5. The fourth-order valence-electron chi connectivity index (χ4n) is 3.91. The Bertz CT molecular complexity index is 766. The quantitative estimate of drug-likeness (QED) is 0.835. The van der Waals surface area contributed by atoms with Crippen LogP contribution >= 0.6 is 0 Å². The summed E-state index contributed by atoms with van der Waals surface area (Å²) in [5.41, 5.74) is 2.45. The van der Waals surface area contributed by atoms with Crippen molar-refractivity contribution in [2.45, 2.75) is 37.5 Å². The monoisotopic (exact) mass is 348 g/mol. The molecule has 130 valence electrons. The Kier molecular flexibility index (Phi) is 3.92. The molecule has 0 radical (unpaired) electrons. The van der Waals surface area contributed by atoms with E-state index in [4.69, 9.17) is 0 Å². The molecule has 0 bridgehead atoms. The van der Waals surface area contributed by atoms with E-state index in [1.807, 2.05) is 17.0 Å². The van der Waals surface area contributed by atoms with Crippen molar-refractivity contribution in [1.82, 2.24) is 9.21 Å². The van der Waals surface area contributed by atoms with Crippen LogP contribution in [0.1, 0.15) is 30.9 Å². The highest BCUT2D eigenvalue weighted by molar-refractivity contribution is 7.89. The summed E-state index contributed by atoms with van der Waals surface area (Å²) in [6.07, 6.45) is 4.11. The Morgan fingerprint density at radius 2 is 1.75 bits per heavy atom. The molecule has 3 aliphatic rings. The van der Waals surface area contributed by atoms with Gasteiger partial charge in [0.05, 0.1) is 4.90 Å². The lowest BCUT2D eigenvalue weighted by Crippen LogP contribution is -2.51. The van der Waals surface area contributed by atoms with Crippen LogP contribution < -0.4 is 0 Å². The second-order valence-electron chi connectivity index (χ2n) is 7.33. The lowest BCUT2D eigenvalue weighted by Gasteiger charge is -2.34. The zero-order chi connectivity index (χ0) is 16.9. The zero-order valence-electron chi connectivity index (χ0n) is 14.1. The summed E-state index contributed by atoms with van der Waals surface area (Å²) in [6, 6.07) is 5.55. The Balaban J connectivity index is 1.45. The minimum Gasteiger partial charge on any atom is -0.340 e. The molecule has 1 aromatic carbocycles. The third-order valence-electron chi connectivity index (χ3n) is 5.68. The van der Waals surface area contributed by atoms with E-state index in [2.05, 4.69) is 6.92 Å². The maximum atomic E-state index is 12.9. The molecular formula is C18H24N2O3S. The van der Waals surface area contributed by atoms with E-state index >= 15 is 0 Å². The lowest BCUT2D eigenvalue weighted by molar-refractivity contribution is -0.134. The van der Waals surface area contributed by atoms with E-state index in [0.29, 0.717) is 37.0 Å². The van der Waals surface area contributed by atoms with Crippen LogP contribution in [-0.2, 0) is 27.7 Å². The molecule has 2 atom stereocenters. The number of carbonyl (C=O) groups is 1. The van der Waals surface area contributed by atoms with Crippen LogP contribution in [0.25, 0.3) is 0 Å². The molecule has 0 aromatic heterocycles. The van der Waals surface area contributed by atoms with Gasteiger partial charge in [-0.05, 0) is 54.9 Å². The first-order valence-electron chi connectivity index (χ1n) is 8.87. The smallest absolute Gasteiger partial charge is 0.243 e. The normalized spacial score (nSPS) is 27.1. The summed E-state index contributed by atoms with van der Waals surface area (Å²) >= 11 is 0. The standard InChI is InChI=1S/C18H24N2O3S/c1-13-11-17(13)18(21)19-7-9-20(10-8-19)24(22,23)16-6-5-14-3-2-4-15(14)12-16/h5-6,12-13,17H,2-4,7-11H2,1H3/t13-,17+/m1/s1. The molecule has 1 saturated heterocycles. The summed E-state index contributed by atoms with van der Waals surface area (Å²) in [7, 11) is -3.45. The van der Waals surface area contributed by atoms with E-state index in [-0.39, 0.29) is 11.8 Å². The molecular weight excluding hydrogens is 324 g/mol. The SMILES string of the molecule is C[C@@H]1C[C@@H]1C(=O)N1CCN(S(=O)(=O)c2ccc3c(c2)CCC3)CC1. The molecule has 1 aliphatic heterocycles. The average Bonchev–Trinajstić information content (AvgIpc) is 3.13. The van der Waals surface area contributed by atoms with Crippen molar-refractivity contribution in [1.29, 1.82) is 0 Å². The average molecular weight is 348 g/mol. The number of aryl methyl sites for hydroxylation is 2. The van der Waals surface area contributed by atoms with Crippen LogP contribution in [0.2, 0.25) is 0 Å². The zero-order valence-corrected chi connectivity index (χ0v) is 14.9. The minimum atomic E-state index is -3.45. The Morgan fingerprint density at radius 1 is 1.08 bits per heavy atom. The molecule has 1 amide bonds. The number of benzene rings is 1. The topological polar surface area (TPSA) is 57.7 Å². The van der Waals surface area contributed by atoms with Gasteiger partial charge in [0.15, 0.2) is 0 Å². The van der Waals surface area contributed by atoms with Crippen LogP contribution in [-0.4, -0.2) is 49.7 Å². The Labute approximate surface area is 143 Å². The molecule has 0 spiro atoms. The van der Waals surface area contributed by atoms with Crippen molar-refractivity contribution in [3.63, 3.8) is 0 Å². The van der Waals surface area contributed by atoms with E-state index in [9.17, 15) is 13.2 Å². The predicted octanol–water partition coefficient (Wildman–Crippen LogP) is 1.66. The van der Waals surface area contributed by atoms with Gasteiger partial charge in [-0.25, -0.2) is 8.42 Å². The van der Waals surface area contributed by atoms with Crippen molar-refractivity contribution in [3.8, 4) is 0 Å². The number of nitrogens with zero attached hydrogens (tertiary/aromatic N) is 2. The Morgan fingerprint density at radius 3 is 2.42 bits per heavy atom. The molecule has 2 fully saturated rings. The van der Waals surface area contributed by atoms with Gasteiger partial charge < -0.3 is 4.90 Å². The summed E-state index contributed by atoms with van der Waals surface area (Å²) in [6.45, 7) is 3.90. The van der Waals surface area contributed by atoms with Crippen molar-refractivity contribution >= 4 is 15.9 Å². The number of rotatable bonds is 3. The summed E-state index contributed by atoms with van der Waals surface area (Å²) in [5.74, 6) is 0.868. The summed E-state index contributed by atoms with van der Waals surface area (Å²) < 4.78 is 27.3. The fraction of sp³-hybridized carbons (Fsp3) is 0.611. The molecule has 0 unspecified atom stereocenters. The maximum absolute atomic E-state index is 12.9. The molecule has 4 rings (SSSR count). The molecule has 5 nitrogen and oxygen atoms in total. The molecule has 0 N–H and O–H groups in total. The van der Waals surface area contributed by atoms with Gasteiger partial charge in [0.2, 0.25) is 15.9 Å². The van der Waals surface area contributed by atoms with E-state index < -0.39 is 10.0 Å². The van der Waals surface area contributed by atoms with Gasteiger partial charge in [-0.1, -0.05) is 13.0 Å². The van der Waals surface area contributed by atoms with E-state index in [1.165, 1.54) is 15.4 Å². The van der Waals surface area contributed by atoms with Crippen LogP contribution in [0.4, 0.5) is 0 Å². The first-order valence-corrected chi connectivity index (χ1v) is 10.3. The third kappa shape index (κ3) is 2.75. The number of amides is 1. The number of hydrogen-bond acceptors (Lipinski definition) is 3. The van der Waals surface area contributed by atoms with Gasteiger partial charge in [0.25, 0.3) is 0 Å². The summed E-state index contributed by atoms with van der Waals surface area (Å²) in [4.78, 5) is 14.5. The highest BCUT2D eigenvalue weighted by Crippen LogP contribution is 2.39. The van der Waals surface area contributed by atoms with Crippen molar-refractivity contribution in [3.05, 3.63) is 29.3 Å². The third-order valence-corrected chi connectivity index (χ3v) is 7.58. The molecule has 1 heterocycles. The number of sulfonamides is 1. The largest absolute Gasteiger partial charge is 0.340 e. The number of hydrogen-bond donors (Lipinski definition) is 0. The highest BCUT2D eigenvalue weighted by Gasteiger charge is 2.42. The summed E-state index contributed by atoms with van der Waals surface area (Å²) in [5, 5.41) is 0. The number of fused-ring (bicyclic) bond motifs is 1. The second kappa shape index (κ2) is 5.85. The van der Waals surface area contributed by atoms with Crippen LogP contribution in [0.3, 0.4) is 0 Å². The second-order valence-corrected chi connectivity index (χ2v) is 9.27. The molecule has 1 aromatic rings. The molecule has 24 heavy (non-hydrogen) atoms. The maximum Gasteiger partial charge on any atom is 0.243 e. The van der Waals surface area contributed by atoms with Gasteiger partial charge in [-0.2, -0.15) is 4.31 Å². The number of carbonyl (C=O) groups excluding carboxylic acids is 1. The molecule has 1 saturated carbocycles. The van der Waals surface area contributed by atoms with Gasteiger partial charge in [-0.15, -0.1) is 0 Å².